The molecule has 0 unspecified atom stereocenters. The molecule has 0 bridgehead atoms. The summed E-state index contributed by atoms with van der Waals surface area (Å²) in [4.78, 5) is 7.30. The first kappa shape index (κ1) is 18.2. The summed E-state index contributed by atoms with van der Waals surface area (Å²) in [5.41, 5.74) is 4.01. The zero-order valence-corrected chi connectivity index (χ0v) is 17.5. The fourth-order valence-electron chi connectivity index (χ4n) is 3.52. The van der Waals surface area contributed by atoms with E-state index >= 15 is 0 Å². The molecule has 0 spiro atoms. The molecule has 5 nitrogen and oxygen atoms in total. The molecule has 1 aliphatic rings. The molecular weight excluding hydrogens is 406 g/mol. The van der Waals surface area contributed by atoms with Crippen molar-refractivity contribution in [2.24, 2.45) is 0 Å². The number of imidazole rings is 1. The number of aromatic nitrogens is 2. The third-order valence-electron chi connectivity index (χ3n) is 4.81. The second kappa shape index (κ2) is 7.43. The van der Waals surface area contributed by atoms with E-state index in [1.165, 1.54) is 18.5 Å². The van der Waals surface area contributed by atoms with E-state index in [2.05, 4.69) is 43.6 Å². The van der Waals surface area contributed by atoms with Gasteiger partial charge in [-0.1, -0.05) is 0 Å². The summed E-state index contributed by atoms with van der Waals surface area (Å²) in [6, 6.07) is 8.26. The molecule has 0 atom stereocenters. The maximum atomic E-state index is 6.04. The molecule has 1 fully saturated rings. The van der Waals surface area contributed by atoms with Crippen LogP contribution in [0.5, 0.6) is 11.5 Å². The van der Waals surface area contributed by atoms with Crippen LogP contribution < -0.4 is 14.4 Å². The van der Waals surface area contributed by atoms with Crippen LogP contribution in [0.2, 0.25) is 0 Å². The summed E-state index contributed by atoms with van der Waals surface area (Å²) in [6.07, 6.45) is 6.72. The predicted molar refractivity (Wildman–Crippen MR) is 112 cm³/mol. The minimum atomic E-state index is 0.0634. The first-order valence-corrected chi connectivity index (χ1v) is 10.1. The smallest absolute Gasteiger partial charge is 0.139 e. The zero-order valence-electron chi connectivity index (χ0n) is 15.9. The number of ether oxygens (including phenoxy) is 2. The van der Waals surface area contributed by atoms with Gasteiger partial charge in [-0.15, -0.1) is 0 Å². The monoisotopic (exact) mass is 429 g/mol. The molecule has 1 saturated heterocycles. The molecule has 4 rings (SSSR count). The SMILES string of the molecule is COc1cc(OC(C)C)c(-c2cn3ccc(N4CCCC4)cc3n2)cc1Br. The van der Waals surface area contributed by atoms with E-state index in [0.717, 1.165) is 46.0 Å². The van der Waals surface area contributed by atoms with E-state index in [1.807, 2.05) is 32.2 Å². The van der Waals surface area contributed by atoms with Gasteiger partial charge in [0.15, 0.2) is 0 Å². The second-order valence-corrected chi connectivity index (χ2v) is 7.97. The van der Waals surface area contributed by atoms with Crippen LogP contribution >= 0.6 is 15.9 Å². The van der Waals surface area contributed by atoms with Gasteiger partial charge in [0.25, 0.3) is 0 Å². The van der Waals surface area contributed by atoms with Crippen molar-refractivity contribution < 1.29 is 9.47 Å². The lowest BCUT2D eigenvalue weighted by atomic mass is 10.1. The Balaban J connectivity index is 1.77. The van der Waals surface area contributed by atoms with Crippen LogP contribution in [0.15, 0.2) is 41.1 Å². The largest absolute Gasteiger partial charge is 0.495 e. The average molecular weight is 430 g/mol. The summed E-state index contributed by atoms with van der Waals surface area (Å²) in [6.45, 7) is 6.29. The number of benzene rings is 1. The maximum Gasteiger partial charge on any atom is 0.139 e. The van der Waals surface area contributed by atoms with Gasteiger partial charge in [-0.25, -0.2) is 4.98 Å². The Kier molecular flexibility index (Phi) is 5.00. The second-order valence-electron chi connectivity index (χ2n) is 7.12. The van der Waals surface area contributed by atoms with Crippen molar-refractivity contribution in [1.82, 2.24) is 9.38 Å². The summed E-state index contributed by atoms with van der Waals surface area (Å²) < 4.78 is 14.4. The van der Waals surface area contributed by atoms with Crippen LogP contribution in [0.25, 0.3) is 16.9 Å². The molecular formula is C21H24BrN3O2. The van der Waals surface area contributed by atoms with Gasteiger partial charge >= 0.3 is 0 Å². The molecule has 3 aromatic rings. The van der Waals surface area contributed by atoms with Crippen molar-refractivity contribution in [2.45, 2.75) is 32.8 Å². The molecule has 1 aliphatic heterocycles. The van der Waals surface area contributed by atoms with Crippen LogP contribution in [-0.2, 0) is 0 Å². The molecule has 2 aromatic heterocycles. The van der Waals surface area contributed by atoms with Crippen molar-refractivity contribution >= 4 is 27.3 Å². The first-order valence-electron chi connectivity index (χ1n) is 9.33. The Morgan fingerprint density at radius 2 is 1.89 bits per heavy atom. The number of fused-ring (bicyclic) bond motifs is 1. The quantitative estimate of drug-likeness (QED) is 0.561. The van der Waals surface area contributed by atoms with Crippen LogP contribution in [0.1, 0.15) is 26.7 Å². The van der Waals surface area contributed by atoms with Crippen molar-refractivity contribution in [2.75, 3.05) is 25.1 Å². The van der Waals surface area contributed by atoms with Crippen molar-refractivity contribution in [3.05, 3.63) is 41.1 Å². The molecule has 6 heteroatoms. The van der Waals surface area contributed by atoms with E-state index in [9.17, 15) is 0 Å². The van der Waals surface area contributed by atoms with Gasteiger partial charge in [0.05, 0.1) is 23.4 Å². The van der Waals surface area contributed by atoms with Gasteiger partial charge in [-0.05, 0) is 54.8 Å². The summed E-state index contributed by atoms with van der Waals surface area (Å²) >= 11 is 3.58. The Morgan fingerprint density at radius 3 is 2.59 bits per heavy atom. The van der Waals surface area contributed by atoms with E-state index in [0.29, 0.717) is 0 Å². The molecule has 27 heavy (non-hydrogen) atoms. The minimum Gasteiger partial charge on any atom is -0.495 e. The molecule has 0 radical (unpaired) electrons. The highest BCUT2D eigenvalue weighted by atomic mass is 79.9. The lowest BCUT2D eigenvalue weighted by Gasteiger charge is -2.17. The normalized spacial score (nSPS) is 14.3. The van der Waals surface area contributed by atoms with Crippen LogP contribution in [0.4, 0.5) is 5.69 Å². The summed E-state index contributed by atoms with van der Waals surface area (Å²) in [7, 11) is 1.66. The minimum absolute atomic E-state index is 0.0634. The maximum absolute atomic E-state index is 6.04. The first-order chi connectivity index (χ1) is 13.0. The average Bonchev–Trinajstić information content (AvgIpc) is 3.31. The summed E-state index contributed by atoms with van der Waals surface area (Å²) in [5.74, 6) is 1.52. The topological polar surface area (TPSA) is 39.0 Å². The fraction of sp³-hybridized carbons (Fsp3) is 0.381. The Morgan fingerprint density at radius 1 is 1.11 bits per heavy atom. The fourth-order valence-corrected chi connectivity index (χ4v) is 4.02. The lowest BCUT2D eigenvalue weighted by Crippen LogP contribution is -2.17. The lowest BCUT2D eigenvalue weighted by molar-refractivity contribution is 0.242. The number of halogens is 1. The zero-order chi connectivity index (χ0) is 19.0. The standard InChI is InChI=1S/C21H24BrN3O2/c1-14(2)27-19-12-20(26-3)17(22)11-16(19)18-13-25-9-6-15(10-21(25)23-18)24-7-4-5-8-24/h6,9-14H,4-5,7-8H2,1-3H3. The van der Waals surface area contributed by atoms with E-state index in [4.69, 9.17) is 14.5 Å². The van der Waals surface area contributed by atoms with Crippen molar-refractivity contribution in [1.29, 1.82) is 0 Å². The molecule has 1 aromatic carbocycles. The molecule has 0 aliphatic carbocycles. The molecule has 0 saturated carbocycles. The summed E-state index contributed by atoms with van der Waals surface area (Å²) in [5, 5.41) is 0. The molecule has 3 heterocycles. The third kappa shape index (κ3) is 3.63. The number of anilines is 1. The van der Waals surface area contributed by atoms with Gasteiger partial charge in [0.1, 0.15) is 17.1 Å². The predicted octanol–water partition coefficient (Wildman–Crippen LogP) is 5.16. The van der Waals surface area contributed by atoms with Gasteiger partial charge in [0, 0.05) is 48.9 Å². The Hall–Kier alpha value is -2.21. The van der Waals surface area contributed by atoms with E-state index in [1.54, 1.807) is 7.11 Å². The van der Waals surface area contributed by atoms with E-state index in [-0.39, 0.29) is 6.10 Å². The molecule has 142 valence electrons. The van der Waals surface area contributed by atoms with Gasteiger partial charge in [-0.2, -0.15) is 0 Å². The van der Waals surface area contributed by atoms with Crippen molar-refractivity contribution in [3.63, 3.8) is 0 Å². The highest BCUT2D eigenvalue weighted by molar-refractivity contribution is 9.10. The number of hydrogen-bond donors (Lipinski definition) is 0. The van der Waals surface area contributed by atoms with Crippen molar-refractivity contribution in [3.8, 4) is 22.8 Å². The number of rotatable bonds is 5. The van der Waals surface area contributed by atoms with Crippen LogP contribution in [0, 0.1) is 0 Å². The highest BCUT2D eigenvalue weighted by Crippen LogP contribution is 2.39. The number of methoxy groups -OCH3 is 1. The number of nitrogens with zero attached hydrogens (tertiary/aromatic N) is 3. The van der Waals surface area contributed by atoms with Gasteiger partial charge in [0.2, 0.25) is 0 Å². The third-order valence-corrected chi connectivity index (χ3v) is 5.43. The van der Waals surface area contributed by atoms with E-state index < -0.39 is 0 Å². The molecule has 0 amide bonds. The van der Waals surface area contributed by atoms with Gasteiger partial charge in [-0.3, -0.25) is 0 Å². The number of pyridine rings is 1. The highest BCUT2D eigenvalue weighted by Gasteiger charge is 2.17. The van der Waals surface area contributed by atoms with Crippen LogP contribution in [0.3, 0.4) is 0 Å². The van der Waals surface area contributed by atoms with Crippen LogP contribution in [-0.4, -0.2) is 35.7 Å². The molecule has 0 N–H and O–H groups in total. The Bertz CT molecular complexity index is 961. The Labute approximate surface area is 168 Å². The number of hydrogen-bond acceptors (Lipinski definition) is 4. The van der Waals surface area contributed by atoms with Gasteiger partial charge < -0.3 is 18.8 Å².